The van der Waals surface area contributed by atoms with E-state index in [1.165, 1.54) is 5.56 Å². The van der Waals surface area contributed by atoms with Gasteiger partial charge in [0, 0.05) is 17.2 Å². The van der Waals surface area contributed by atoms with Crippen molar-refractivity contribution in [2.24, 2.45) is 0 Å². The van der Waals surface area contributed by atoms with Gasteiger partial charge in [-0.3, -0.25) is 0 Å². The lowest BCUT2D eigenvalue weighted by Gasteiger charge is -2.61. The van der Waals surface area contributed by atoms with Gasteiger partial charge in [-0.15, -0.1) is 0 Å². The Hall–Kier alpha value is -2.03. The molecule has 5 heteroatoms. The minimum atomic E-state index is -0.896. The van der Waals surface area contributed by atoms with Gasteiger partial charge in [-0.2, -0.15) is 5.26 Å². The zero-order valence-electron chi connectivity index (χ0n) is 15.0. The number of hydrogen-bond donors (Lipinski definition) is 1. The number of likely N-dealkylation sites (N-methyl/N-ethyl adjacent to an activating group) is 1. The molecule has 5 nitrogen and oxygen atoms in total. The number of allylic oxidation sites excluding steroid dienone is 1. The average Bonchev–Trinajstić information content (AvgIpc) is 2.63. The Morgan fingerprint density at radius 1 is 1.28 bits per heavy atom. The Balaban J connectivity index is 2.07. The molecule has 132 valence electrons. The van der Waals surface area contributed by atoms with E-state index in [0.717, 1.165) is 30.5 Å². The van der Waals surface area contributed by atoms with E-state index in [9.17, 15) is 10.4 Å². The van der Waals surface area contributed by atoms with Crippen molar-refractivity contribution in [3.8, 4) is 17.6 Å². The molecule has 0 saturated carbocycles. The van der Waals surface area contributed by atoms with Gasteiger partial charge in [0.15, 0.2) is 11.5 Å². The van der Waals surface area contributed by atoms with E-state index in [-0.39, 0.29) is 6.04 Å². The van der Waals surface area contributed by atoms with Crippen LogP contribution in [0.5, 0.6) is 11.5 Å². The largest absolute Gasteiger partial charge is 0.493 e. The Bertz CT molecular complexity index is 797. The number of piperidine rings is 1. The number of benzene rings is 1. The summed E-state index contributed by atoms with van der Waals surface area (Å²) in [6.45, 7) is 0.877. The maximum Gasteiger partial charge on any atom is 0.165 e. The van der Waals surface area contributed by atoms with Gasteiger partial charge in [0.1, 0.15) is 0 Å². The summed E-state index contributed by atoms with van der Waals surface area (Å²) in [5, 5.41) is 21.4. The van der Waals surface area contributed by atoms with Gasteiger partial charge >= 0.3 is 0 Å². The van der Waals surface area contributed by atoms with E-state index in [4.69, 9.17) is 9.47 Å². The third-order valence-corrected chi connectivity index (χ3v) is 6.55. The number of aliphatic hydroxyl groups is 1. The van der Waals surface area contributed by atoms with Crippen molar-refractivity contribution in [1.82, 2.24) is 4.90 Å². The fourth-order valence-electron chi connectivity index (χ4n) is 5.33. The summed E-state index contributed by atoms with van der Waals surface area (Å²) in [5.74, 6) is 1.37. The van der Waals surface area contributed by atoms with Crippen molar-refractivity contribution in [2.75, 3.05) is 27.8 Å². The minimum Gasteiger partial charge on any atom is -0.493 e. The second-order valence-corrected chi connectivity index (χ2v) is 7.46. The molecule has 1 saturated heterocycles. The van der Waals surface area contributed by atoms with Crippen LogP contribution in [0.4, 0.5) is 0 Å². The van der Waals surface area contributed by atoms with Crippen molar-refractivity contribution in [3.63, 3.8) is 0 Å². The summed E-state index contributed by atoms with van der Waals surface area (Å²) in [5.41, 5.74) is 1.45. The number of fused-ring (bicyclic) bond motifs is 1. The van der Waals surface area contributed by atoms with Crippen molar-refractivity contribution in [3.05, 3.63) is 34.9 Å². The predicted octanol–water partition coefficient (Wildman–Crippen LogP) is 2.18. The Morgan fingerprint density at radius 2 is 2.08 bits per heavy atom. The molecular formula is C20H24N2O3. The molecule has 25 heavy (non-hydrogen) atoms. The molecule has 2 aliphatic carbocycles. The summed E-state index contributed by atoms with van der Waals surface area (Å²) in [4.78, 5) is 2.27. The third-order valence-electron chi connectivity index (χ3n) is 6.55. The Kier molecular flexibility index (Phi) is 3.61. The summed E-state index contributed by atoms with van der Waals surface area (Å²) >= 11 is 0. The van der Waals surface area contributed by atoms with E-state index >= 15 is 0 Å². The number of rotatable bonds is 2. The van der Waals surface area contributed by atoms with Crippen LogP contribution in [0.2, 0.25) is 0 Å². The standard InChI is InChI=1S/C20H24N2O3/c1-22-9-8-19-11-13(12-21)6-7-20(19,23)16(22)10-14-4-5-15(24-2)18(25-3)17(14)19/h4-5,11,16,23H,6-10H2,1-3H3/t16-,19-,20-/m1/s1. The van der Waals surface area contributed by atoms with E-state index in [0.29, 0.717) is 24.3 Å². The molecule has 0 unspecified atom stereocenters. The topological polar surface area (TPSA) is 65.7 Å². The summed E-state index contributed by atoms with van der Waals surface area (Å²) in [7, 11) is 5.36. The van der Waals surface area contributed by atoms with E-state index in [2.05, 4.69) is 24.1 Å². The normalized spacial score (nSPS) is 33.6. The van der Waals surface area contributed by atoms with Crippen molar-refractivity contribution >= 4 is 0 Å². The van der Waals surface area contributed by atoms with Gasteiger partial charge in [-0.05, 0) is 50.9 Å². The number of likely N-dealkylation sites (tertiary alicyclic amines) is 1. The first-order valence-electron chi connectivity index (χ1n) is 8.79. The number of methoxy groups -OCH3 is 2. The number of nitriles is 1. The van der Waals surface area contributed by atoms with Gasteiger partial charge in [-0.1, -0.05) is 12.1 Å². The number of hydrogen-bond acceptors (Lipinski definition) is 5. The quantitative estimate of drug-likeness (QED) is 0.894. The highest BCUT2D eigenvalue weighted by Gasteiger charge is 2.63. The molecular weight excluding hydrogens is 316 g/mol. The Morgan fingerprint density at radius 3 is 2.76 bits per heavy atom. The van der Waals surface area contributed by atoms with Crippen molar-refractivity contribution < 1.29 is 14.6 Å². The average molecular weight is 340 g/mol. The van der Waals surface area contributed by atoms with Crippen LogP contribution in [-0.4, -0.2) is 49.5 Å². The van der Waals surface area contributed by atoms with Crippen LogP contribution in [0.3, 0.4) is 0 Å². The predicted molar refractivity (Wildman–Crippen MR) is 93.8 cm³/mol. The van der Waals surface area contributed by atoms with Crippen LogP contribution in [0.1, 0.15) is 30.4 Å². The first kappa shape index (κ1) is 16.4. The highest BCUT2D eigenvalue weighted by molar-refractivity contribution is 5.61. The molecule has 3 atom stereocenters. The summed E-state index contributed by atoms with van der Waals surface area (Å²) in [6, 6.07) is 6.39. The summed E-state index contributed by atoms with van der Waals surface area (Å²) < 4.78 is 11.3. The second kappa shape index (κ2) is 5.48. The van der Waals surface area contributed by atoms with Gasteiger partial charge in [-0.25, -0.2) is 0 Å². The van der Waals surface area contributed by atoms with Crippen molar-refractivity contribution in [1.29, 1.82) is 5.26 Å². The molecule has 1 aliphatic heterocycles. The lowest BCUT2D eigenvalue weighted by Crippen LogP contribution is -2.71. The van der Waals surface area contributed by atoms with E-state index in [1.807, 2.05) is 12.1 Å². The highest BCUT2D eigenvalue weighted by Crippen LogP contribution is 2.59. The molecule has 1 aromatic rings. The van der Waals surface area contributed by atoms with Gasteiger partial charge in [0.25, 0.3) is 0 Å². The molecule has 0 aromatic heterocycles. The maximum atomic E-state index is 11.9. The van der Waals surface area contributed by atoms with Crippen LogP contribution in [-0.2, 0) is 11.8 Å². The molecule has 1 fully saturated rings. The van der Waals surface area contributed by atoms with Crippen LogP contribution in [0, 0.1) is 11.3 Å². The lowest BCUT2D eigenvalue weighted by atomic mass is 9.51. The molecule has 1 N–H and O–H groups in total. The van der Waals surface area contributed by atoms with Crippen LogP contribution in [0.15, 0.2) is 23.8 Å². The summed E-state index contributed by atoms with van der Waals surface area (Å²) in [6.07, 6.45) is 4.79. The van der Waals surface area contributed by atoms with Crippen LogP contribution in [0.25, 0.3) is 0 Å². The highest BCUT2D eigenvalue weighted by atomic mass is 16.5. The number of nitrogens with zero attached hydrogens (tertiary/aromatic N) is 2. The molecule has 3 aliphatic rings. The monoisotopic (exact) mass is 340 g/mol. The molecule has 0 amide bonds. The van der Waals surface area contributed by atoms with Gasteiger partial charge < -0.3 is 19.5 Å². The molecule has 1 heterocycles. The van der Waals surface area contributed by atoms with E-state index in [1.54, 1.807) is 14.2 Å². The van der Waals surface area contributed by atoms with Gasteiger partial charge in [0.2, 0.25) is 0 Å². The van der Waals surface area contributed by atoms with Crippen molar-refractivity contribution in [2.45, 2.75) is 42.7 Å². The zero-order chi connectivity index (χ0) is 17.8. The zero-order valence-corrected chi connectivity index (χ0v) is 15.0. The Labute approximate surface area is 148 Å². The SMILES string of the molecule is COc1ccc2c(c1OC)[C@@]13C=C(C#N)CC[C@@]1(O)[C@@H](C2)N(C)CC3. The fraction of sp³-hybridized carbons (Fsp3) is 0.550. The third kappa shape index (κ3) is 1.95. The second-order valence-electron chi connectivity index (χ2n) is 7.46. The number of ether oxygens (including phenoxy) is 2. The molecule has 2 bridgehead atoms. The molecule has 0 radical (unpaired) electrons. The molecule has 4 rings (SSSR count). The fourth-order valence-corrected chi connectivity index (χ4v) is 5.33. The van der Waals surface area contributed by atoms with Crippen LogP contribution < -0.4 is 9.47 Å². The lowest BCUT2D eigenvalue weighted by molar-refractivity contribution is -0.132. The molecule has 1 aromatic carbocycles. The maximum absolute atomic E-state index is 11.9. The van der Waals surface area contributed by atoms with Crippen LogP contribution >= 0.6 is 0 Å². The smallest absolute Gasteiger partial charge is 0.165 e. The van der Waals surface area contributed by atoms with Gasteiger partial charge in [0.05, 0.1) is 31.3 Å². The first-order chi connectivity index (χ1) is 12.0. The molecule has 0 spiro atoms. The van der Waals surface area contributed by atoms with E-state index < -0.39 is 11.0 Å². The minimum absolute atomic E-state index is 0.0448. The first-order valence-corrected chi connectivity index (χ1v) is 8.79.